The molecule has 0 aliphatic heterocycles. The van der Waals surface area contributed by atoms with Crippen LogP contribution in [0, 0.1) is 11.3 Å². The molecular formula is C22H22N2O4S. The molecule has 2 aliphatic carbocycles. The monoisotopic (exact) mass is 410 g/mol. The van der Waals surface area contributed by atoms with Gasteiger partial charge in [-0.3, -0.25) is 4.79 Å². The molecule has 1 heterocycles. The molecule has 0 saturated carbocycles. The van der Waals surface area contributed by atoms with Crippen LogP contribution in [-0.2, 0) is 40.0 Å². The Bertz CT molecular complexity index is 989. The number of esters is 1. The number of hydrogen-bond acceptors (Lipinski definition) is 6. The van der Waals surface area contributed by atoms with E-state index >= 15 is 0 Å². The number of nitrogens with zero attached hydrogens (tertiary/aromatic N) is 1. The van der Waals surface area contributed by atoms with Crippen LogP contribution in [0.25, 0.3) is 0 Å². The summed E-state index contributed by atoms with van der Waals surface area (Å²) in [6.07, 6.45) is 7.26. The number of aryl methyl sites for hydroxylation is 3. The first kappa shape index (κ1) is 19.5. The van der Waals surface area contributed by atoms with Gasteiger partial charge in [0.2, 0.25) is 0 Å². The van der Waals surface area contributed by atoms with Crippen LogP contribution in [0.1, 0.15) is 46.4 Å². The van der Waals surface area contributed by atoms with Gasteiger partial charge in [-0.05, 0) is 73.8 Å². The van der Waals surface area contributed by atoms with Gasteiger partial charge in [0.15, 0.2) is 13.2 Å². The summed E-state index contributed by atoms with van der Waals surface area (Å²) >= 11 is 1.45. The van der Waals surface area contributed by atoms with Gasteiger partial charge >= 0.3 is 5.97 Å². The number of carbonyl (C=O) groups excluding carboxylic acids is 2. The molecule has 0 unspecified atom stereocenters. The van der Waals surface area contributed by atoms with E-state index in [1.807, 2.05) is 18.2 Å². The second-order valence-electron chi connectivity index (χ2n) is 7.31. The quantitative estimate of drug-likeness (QED) is 0.736. The van der Waals surface area contributed by atoms with Crippen LogP contribution in [0.3, 0.4) is 0 Å². The number of amides is 1. The van der Waals surface area contributed by atoms with Crippen LogP contribution in [0.15, 0.2) is 18.2 Å². The number of carbonyl (C=O) groups is 2. The molecule has 2 aliphatic rings. The molecule has 1 aromatic carbocycles. The largest absolute Gasteiger partial charge is 0.482 e. The van der Waals surface area contributed by atoms with Crippen LogP contribution >= 0.6 is 11.3 Å². The first-order valence-electron chi connectivity index (χ1n) is 9.89. The van der Waals surface area contributed by atoms with E-state index < -0.39 is 18.5 Å². The summed E-state index contributed by atoms with van der Waals surface area (Å²) < 4.78 is 10.5. The molecule has 6 nitrogen and oxygen atoms in total. The van der Waals surface area contributed by atoms with Gasteiger partial charge in [-0.25, -0.2) is 4.79 Å². The fraction of sp³-hybridized carbons (Fsp3) is 0.409. The third kappa shape index (κ3) is 4.43. The zero-order valence-electron chi connectivity index (χ0n) is 16.1. The molecule has 0 saturated heterocycles. The van der Waals surface area contributed by atoms with Crippen LogP contribution in [0.4, 0.5) is 5.00 Å². The molecule has 29 heavy (non-hydrogen) atoms. The molecule has 4 rings (SSSR count). The summed E-state index contributed by atoms with van der Waals surface area (Å²) in [6.45, 7) is -0.650. The third-order valence-electron chi connectivity index (χ3n) is 5.33. The molecule has 150 valence electrons. The average Bonchev–Trinajstić information content (AvgIpc) is 3.33. The van der Waals surface area contributed by atoms with Gasteiger partial charge in [-0.2, -0.15) is 5.26 Å². The molecule has 1 aromatic heterocycles. The maximum atomic E-state index is 12.2. The Morgan fingerprint density at radius 2 is 1.90 bits per heavy atom. The lowest BCUT2D eigenvalue weighted by molar-refractivity contribution is -0.149. The van der Waals surface area contributed by atoms with Crippen molar-refractivity contribution in [2.75, 3.05) is 18.5 Å². The van der Waals surface area contributed by atoms with Crippen LogP contribution in [0.5, 0.6) is 5.75 Å². The number of nitrogens with one attached hydrogen (secondary N) is 1. The maximum absolute atomic E-state index is 12.2. The number of hydrogen-bond donors (Lipinski definition) is 1. The van der Waals surface area contributed by atoms with Crippen molar-refractivity contribution in [3.05, 3.63) is 45.3 Å². The molecule has 1 amide bonds. The molecule has 0 spiro atoms. The highest BCUT2D eigenvalue weighted by Crippen LogP contribution is 2.37. The minimum atomic E-state index is -0.605. The van der Waals surface area contributed by atoms with Crippen LogP contribution in [-0.4, -0.2) is 25.1 Å². The lowest BCUT2D eigenvalue weighted by Crippen LogP contribution is -2.23. The summed E-state index contributed by atoms with van der Waals surface area (Å²) in [7, 11) is 0. The Labute approximate surface area is 173 Å². The van der Waals surface area contributed by atoms with E-state index in [0.717, 1.165) is 50.5 Å². The van der Waals surface area contributed by atoms with Gasteiger partial charge in [0.05, 0.1) is 5.56 Å². The summed E-state index contributed by atoms with van der Waals surface area (Å²) in [5.74, 6) is -0.424. The van der Waals surface area contributed by atoms with E-state index in [-0.39, 0.29) is 6.61 Å². The van der Waals surface area contributed by atoms with Crippen molar-refractivity contribution in [1.82, 2.24) is 0 Å². The predicted octanol–water partition coefficient (Wildman–Crippen LogP) is 3.55. The Hall–Kier alpha value is -2.85. The Morgan fingerprint density at radius 1 is 1.07 bits per heavy atom. The molecule has 0 bridgehead atoms. The summed E-state index contributed by atoms with van der Waals surface area (Å²) in [5.41, 5.74) is 4.20. The zero-order valence-corrected chi connectivity index (χ0v) is 16.9. The second kappa shape index (κ2) is 8.66. The first-order chi connectivity index (χ1) is 14.1. The highest BCUT2D eigenvalue weighted by Gasteiger charge is 2.22. The molecule has 2 aromatic rings. The standard InChI is InChI=1S/C22H22N2O4S/c23-11-18-17-6-1-2-7-19(17)29-22(18)24-20(25)12-28-21(26)13-27-16-9-8-14-4-3-5-15(14)10-16/h8-10H,1-7,12-13H2,(H,24,25). The number of anilines is 1. The van der Waals surface area contributed by atoms with Crippen molar-refractivity contribution in [1.29, 1.82) is 5.26 Å². The van der Waals surface area contributed by atoms with E-state index in [9.17, 15) is 14.9 Å². The number of nitriles is 1. The molecular weight excluding hydrogens is 388 g/mol. The average molecular weight is 410 g/mol. The van der Waals surface area contributed by atoms with Gasteiger partial charge < -0.3 is 14.8 Å². The predicted molar refractivity (Wildman–Crippen MR) is 109 cm³/mol. The van der Waals surface area contributed by atoms with Gasteiger partial charge in [-0.15, -0.1) is 11.3 Å². The van der Waals surface area contributed by atoms with Gasteiger partial charge in [0.25, 0.3) is 5.91 Å². The number of fused-ring (bicyclic) bond motifs is 2. The van der Waals surface area contributed by atoms with Crippen LogP contribution < -0.4 is 10.1 Å². The van der Waals surface area contributed by atoms with Crippen molar-refractivity contribution >= 4 is 28.2 Å². The number of benzene rings is 1. The highest BCUT2D eigenvalue weighted by atomic mass is 32.1. The van der Waals surface area contributed by atoms with Crippen molar-refractivity contribution < 1.29 is 19.1 Å². The Balaban J connectivity index is 1.26. The summed E-state index contributed by atoms with van der Waals surface area (Å²) in [4.78, 5) is 25.2. The maximum Gasteiger partial charge on any atom is 0.344 e. The van der Waals surface area contributed by atoms with E-state index in [2.05, 4.69) is 11.4 Å². The molecule has 0 fully saturated rings. The van der Waals surface area contributed by atoms with E-state index in [0.29, 0.717) is 16.3 Å². The smallest absolute Gasteiger partial charge is 0.344 e. The normalized spacial score (nSPS) is 14.4. The molecule has 1 N–H and O–H groups in total. The highest BCUT2D eigenvalue weighted by molar-refractivity contribution is 7.16. The fourth-order valence-corrected chi connectivity index (χ4v) is 5.16. The number of ether oxygens (including phenoxy) is 2. The Morgan fingerprint density at radius 3 is 2.76 bits per heavy atom. The van der Waals surface area contributed by atoms with Crippen molar-refractivity contribution in [2.24, 2.45) is 0 Å². The van der Waals surface area contributed by atoms with Gasteiger partial charge in [0.1, 0.15) is 16.8 Å². The molecule has 7 heteroatoms. The van der Waals surface area contributed by atoms with E-state index in [1.54, 1.807) is 0 Å². The van der Waals surface area contributed by atoms with Crippen molar-refractivity contribution in [3.63, 3.8) is 0 Å². The first-order valence-corrected chi connectivity index (χ1v) is 10.7. The third-order valence-corrected chi connectivity index (χ3v) is 6.53. The van der Waals surface area contributed by atoms with Crippen LogP contribution in [0.2, 0.25) is 0 Å². The number of thiophene rings is 1. The van der Waals surface area contributed by atoms with E-state index in [4.69, 9.17) is 9.47 Å². The lowest BCUT2D eigenvalue weighted by atomic mass is 9.96. The minimum Gasteiger partial charge on any atom is -0.482 e. The summed E-state index contributed by atoms with van der Waals surface area (Å²) in [6, 6.07) is 8.05. The van der Waals surface area contributed by atoms with Crippen molar-refractivity contribution in [2.45, 2.75) is 44.9 Å². The van der Waals surface area contributed by atoms with Gasteiger partial charge in [0, 0.05) is 4.88 Å². The zero-order chi connectivity index (χ0) is 20.2. The van der Waals surface area contributed by atoms with Crippen molar-refractivity contribution in [3.8, 4) is 11.8 Å². The molecule has 0 radical (unpaired) electrons. The lowest BCUT2D eigenvalue weighted by Gasteiger charge is -2.09. The summed E-state index contributed by atoms with van der Waals surface area (Å²) in [5, 5.41) is 12.7. The Kier molecular flexibility index (Phi) is 5.81. The second-order valence-corrected chi connectivity index (χ2v) is 8.41. The number of rotatable bonds is 6. The SMILES string of the molecule is N#Cc1c(NC(=O)COC(=O)COc2ccc3c(c2)CCC3)sc2c1CCCC2. The fourth-order valence-electron chi connectivity index (χ4n) is 3.90. The van der Waals surface area contributed by atoms with E-state index in [1.165, 1.54) is 27.3 Å². The minimum absolute atomic E-state index is 0.247. The van der Waals surface area contributed by atoms with Gasteiger partial charge in [-0.1, -0.05) is 6.07 Å². The topological polar surface area (TPSA) is 88.4 Å². The molecule has 0 atom stereocenters.